The Morgan fingerprint density at radius 1 is 0.935 bits per heavy atom. The van der Waals surface area contributed by atoms with Gasteiger partial charge in [0.05, 0.1) is 21.8 Å². The van der Waals surface area contributed by atoms with E-state index in [2.05, 4.69) is 10.6 Å². The zero-order chi connectivity index (χ0) is 22.4. The van der Waals surface area contributed by atoms with Crippen LogP contribution in [0.25, 0.3) is 0 Å². The lowest BCUT2D eigenvalue weighted by Gasteiger charge is -2.20. The first kappa shape index (κ1) is 22.7. The van der Waals surface area contributed by atoms with Gasteiger partial charge in [0.2, 0.25) is 0 Å². The van der Waals surface area contributed by atoms with Gasteiger partial charge in [0, 0.05) is 18.6 Å². The number of carbonyl (C=O) groups excluding carboxylic acids is 2. The van der Waals surface area contributed by atoms with Crippen LogP contribution in [-0.4, -0.2) is 28.9 Å². The maximum absolute atomic E-state index is 13.0. The molecule has 0 saturated heterocycles. The molecule has 0 aliphatic rings. The Morgan fingerprint density at radius 2 is 1.61 bits per heavy atom. The monoisotopic (exact) mass is 471 g/mol. The first-order chi connectivity index (χ1) is 14.8. The Kier molecular flexibility index (Phi) is 7.63. The van der Waals surface area contributed by atoms with E-state index in [-0.39, 0.29) is 21.6 Å². The molecule has 2 N–H and O–H groups in total. The molecule has 0 aliphatic carbocycles. The van der Waals surface area contributed by atoms with Gasteiger partial charge in [-0.1, -0.05) is 65.7 Å². The summed E-state index contributed by atoms with van der Waals surface area (Å²) in [5.74, 6) is -0.661. The average Bonchev–Trinajstić information content (AvgIpc) is 2.74. The fourth-order valence-corrected chi connectivity index (χ4v) is 3.61. The van der Waals surface area contributed by atoms with Crippen LogP contribution < -0.4 is 10.6 Å². The van der Waals surface area contributed by atoms with Crippen LogP contribution in [0.4, 0.5) is 5.69 Å². The summed E-state index contributed by atoms with van der Waals surface area (Å²) < 4.78 is 0. The number of halogens is 2. The van der Waals surface area contributed by atoms with Crippen LogP contribution in [0.1, 0.15) is 26.3 Å². The summed E-state index contributed by atoms with van der Waals surface area (Å²) >= 11 is 17.2. The standard InChI is InChI=1S/C23H19Cl2N3O2S/c1-28(14-15-7-3-2-4-8-15)22(30)18-9-5-6-10-20(18)26-23(31)27-21(29)17-12-11-16(24)13-19(17)25/h2-13H,14H2,1H3,(H2,26,27,29,31). The van der Waals surface area contributed by atoms with Gasteiger partial charge in [0.25, 0.3) is 11.8 Å². The number of hydrogen-bond acceptors (Lipinski definition) is 3. The number of anilines is 1. The highest BCUT2D eigenvalue weighted by Gasteiger charge is 2.18. The molecule has 2 amide bonds. The van der Waals surface area contributed by atoms with Crippen LogP contribution in [-0.2, 0) is 6.54 Å². The molecule has 3 aromatic carbocycles. The Bertz CT molecular complexity index is 1120. The zero-order valence-electron chi connectivity index (χ0n) is 16.6. The molecule has 3 rings (SSSR count). The SMILES string of the molecule is CN(Cc1ccccc1)C(=O)c1ccccc1NC(=S)NC(=O)c1ccc(Cl)cc1Cl. The second-order valence-electron chi connectivity index (χ2n) is 6.72. The van der Waals surface area contributed by atoms with Crippen LogP contribution in [0, 0.1) is 0 Å². The Hall–Kier alpha value is -2.93. The van der Waals surface area contributed by atoms with Crippen molar-refractivity contribution >= 4 is 58.0 Å². The van der Waals surface area contributed by atoms with Crippen LogP contribution >= 0.6 is 35.4 Å². The van der Waals surface area contributed by atoms with Gasteiger partial charge in [0.15, 0.2) is 5.11 Å². The summed E-state index contributed by atoms with van der Waals surface area (Å²) in [5, 5.41) is 6.18. The highest BCUT2D eigenvalue weighted by Crippen LogP contribution is 2.21. The molecular weight excluding hydrogens is 453 g/mol. The quantitative estimate of drug-likeness (QED) is 0.489. The molecule has 8 heteroatoms. The third-order valence-corrected chi connectivity index (χ3v) is 5.17. The lowest BCUT2D eigenvalue weighted by molar-refractivity contribution is 0.0786. The van der Waals surface area contributed by atoms with Gasteiger partial charge in [-0.2, -0.15) is 0 Å². The van der Waals surface area contributed by atoms with E-state index >= 15 is 0 Å². The Morgan fingerprint density at radius 3 is 2.32 bits per heavy atom. The van der Waals surface area contributed by atoms with E-state index in [1.54, 1.807) is 42.3 Å². The van der Waals surface area contributed by atoms with E-state index in [1.807, 2.05) is 30.3 Å². The summed E-state index contributed by atoms with van der Waals surface area (Å²) in [5.41, 5.74) is 2.18. The normalized spacial score (nSPS) is 10.3. The van der Waals surface area contributed by atoms with E-state index in [0.29, 0.717) is 22.8 Å². The molecule has 0 unspecified atom stereocenters. The largest absolute Gasteiger partial charge is 0.337 e. The van der Waals surface area contributed by atoms with Crippen LogP contribution in [0.5, 0.6) is 0 Å². The second kappa shape index (κ2) is 10.4. The van der Waals surface area contributed by atoms with Crippen molar-refractivity contribution in [2.24, 2.45) is 0 Å². The molecule has 0 aliphatic heterocycles. The summed E-state index contributed by atoms with van der Waals surface area (Å²) in [7, 11) is 1.73. The number of hydrogen-bond donors (Lipinski definition) is 2. The minimum absolute atomic E-state index is 0.0435. The summed E-state index contributed by atoms with van der Waals surface area (Å²) in [6, 6.07) is 21.2. The third-order valence-electron chi connectivity index (χ3n) is 4.42. The van der Waals surface area contributed by atoms with Gasteiger partial charge in [-0.05, 0) is 48.1 Å². The molecule has 0 aromatic heterocycles. The van der Waals surface area contributed by atoms with Crippen molar-refractivity contribution in [2.75, 3.05) is 12.4 Å². The van der Waals surface area contributed by atoms with Crippen molar-refractivity contribution in [3.05, 3.63) is 99.5 Å². The topological polar surface area (TPSA) is 61.4 Å². The summed E-state index contributed by atoms with van der Waals surface area (Å²) in [6.45, 7) is 0.463. The molecular formula is C23H19Cl2N3O2S. The molecule has 0 spiro atoms. The molecule has 0 saturated carbocycles. The van der Waals surface area contributed by atoms with E-state index in [0.717, 1.165) is 5.56 Å². The summed E-state index contributed by atoms with van der Waals surface area (Å²) in [6.07, 6.45) is 0. The van der Waals surface area contributed by atoms with Crippen molar-refractivity contribution in [2.45, 2.75) is 6.54 Å². The lowest BCUT2D eigenvalue weighted by atomic mass is 10.1. The minimum atomic E-state index is -0.482. The fourth-order valence-electron chi connectivity index (χ4n) is 2.91. The van der Waals surface area contributed by atoms with Gasteiger partial charge in [-0.15, -0.1) is 0 Å². The van der Waals surface area contributed by atoms with Crippen LogP contribution in [0.2, 0.25) is 10.0 Å². The smallest absolute Gasteiger partial charge is 0.258 e. The average molecular weight is 472 g/mol. The highest BCUT2D eigenvalue weighted by molar-refractivity contribution is 7.80. The first-order valence-corrected chi connectivity index (χ1v) is 10.5. The van der Waals surface area contributed by atoms with E-state index in [4.69, 9.17) is 35.4 Å². The van der Waals surface area contributed by atoms with Crippen molar-refractivity contribution in [3.63, 3.8) is 0 Å². The molecule has 0 bridgehead atoms. The van der Waals surface area contributed by atoms with Gasteiger partial charge in [-0.25, -0.2) is 0 Å². The number of amides is 2. The number of para-hydroxylation sites is 1. The molecule has 0 fully saturated rings. The maximum atomic E-state index is 13.0. The number of benzene rings is 3. The molecule has 0 atom stereocenters. The van der Waals surface area contributed by atoms with Gasteiger partial charge in [-0.3, -0.25) is 14.9 Å². The third kappa shape index (κ3) is 6.04. The zero-order valence-corrected chi connectivity index (χ0v) is 18.9. The van der Waals surface area contributed by atoms with Gasteiger partial charge in [0.1, 0.15) is 0 Å². The predicted molar refractivity (Wildman–Crippen MR) is 129 cm³/mol. The molecule has 31 heavy (non-hydrogen) atoms. The van der Waals surface area contributed by atoms with Crippen molar-refractivity contribution in [1.82, 2.24) is 10.2 Å². The molecule has 5 nitrogen and oxygen atoms in total. The lowest BCUT2D eigenvalue weighted by Crippen LogP contribution is -2.35. The minimum Gasteiger partial charge on any atom is -0.337 e. The number of nitrogens with one attached hydrogen (secondary N) is 2. The van der Waals surface area contributed by atoms with Crippen molar-refractivity contribution in [3.8, 4) is 0 Å². The molecule has 158 valence electrons. The van der Waals surface area contributed by atoms with Crippen LogP contribution in [0.15, 0.2) is 72.8 Å². The molecule has 0 heterocycles. The fraction of sp³-hybridized carbons (Fsp3) is 0.0870. The summed E-state index contributed by atoms with van der Waals surface area (Å²) in [4.78, 5) is 27.1. The predicted octanol–water partition coefficient (Wildman–Crippen LogP) is 5.39. The molecule has 3 aromatic rings. The molecule has 0 radical (unpaired) electrons. The van der Waals surface area contributed by atoms with Crippen molar-refractivity contribution in [1.29, 1.82) is 0 Å². The Labute approximate surface area is 196 Å². The maximum Gasteiger partial charge on any atom is 0.258 e. The number of nitrogens with zero attached hydrogens (tertiary/aromatic N) is 1. The first-order valence-electron chi connectivity index (χ1n) is 9.31. The number of rotatable bonds is 5. The Balaban J connectivity index is 1.70. The highest BCUT2D eigenvalue weighted by atomic mass is 35.5. The number of carbonyl (C=O) groups is 2. The van der Waals surface area contributed by atoms with Gasteiger partial charge >= 0.3 is 0 Å². The van der Waals surface area contributed by atoms with E-state index < -0.39 is 5.91 Å². The second-order valence-corrected chi connectivity index (χ2v) is 7.98. The van der Waals surface area contributed by atoms with E-state index in [9.17, 15) is 9.59 Å². The van der Waals surface area contributed by atoms with Crippen molar-refractivity contribution < 1.29 is 9.59 Å². The van der Waals surface area contributed by atoms with Gasteiger partial charge < -0.3 is 10.2 Å². The van der Waals surface area contributed by atoms with Crippen LogP contribution in [0.3, 0.4) is 0 Å². The number of thiocarbonyl (C=S) groups is 1. The van der Waals surface area contributed by atoms with E-state index in [1.165, 1.54) is 12.1 Å².